The van der Waals surface area contributed by atoms with Crippen molar-refractivity contribution >= 4 is 0 Å². The van der Waals surface area contributed by atoms with E-state index in [9.17, 15) is 52.7 Å². The molecule has 0 atom stereocenters. The first-order valence-electron chi connectivity index (χ1n) is 8.26. The van der Waals surface area contributed by atoms with Crippen molar-refractivity contribution in [2.24, 2.45) is 11.5 Å². The van der Waals surface area contributed by atoms with Crippen LogP contribution < -0.4 is 11.5 Å². The highest BCUT2D eigenvalue weighted by Gasteiger charge is 2.37. The van der Waals surface area contributed by atoms with Crippen LogP contribution in [0.25, 0.3) is 0 Å². The first-order valence-corrected chi connectivity index (χ1v) is 8.26. The van der Waals surface area contributed by atoms with E-state index in [0.29, 0.717) is 24.3 Å². The molecule has 2 aromatic rings. The van der Waals surface area contributed by atoms with Crippen LogP contribution in [0, 0.1) is 0 Å². The highest BCUT2D eigenvalue weighted by molar-refractivity contribution is 5.34. The summed E-state index contributed by atoms with van der Waals surface area (Å²) < 4.78 is 147. The van der Waals surface area contributed by atoms with E-state index >= 15 is 0 Å². The molecule has 4 N–H and O–H groups in total. The summed E-state index contributed by atoms with van der Waals surface area (Å²) in [6.07, 6.45) is -19.3. The summed E-state index contributed by atoms with van der Waals surface area (Å²) >= 11 is 0. The van der Waals surface area contributed by atoms with E-state index < -0.39 is 47.0 Å². The quantitative estimate of drug-likeness (QED) is 0.485. The number of alkyl halides is 12. The molecule has 0 amide bonds. The van der Waals surface area contributed by atoms with Crippen LogP contribution in [0.5, 0.6) is 0 Å². The van der Waals surface area contributed by atoms with E-state index in [4.69, 9.17) is 11.5 Å². The van der Waals surface area contributed by atoms with Gasteiger partial charge < -0.3 is 11.5 Å². The summed E-state index contributed by atoms with van der Waals surface area (Å²) in [5, 5.41) is 0. The highest BCUT2D eigenvalue weighted by Crippen LogP contribution is 2.37. The maximum Gasteiger partial charge on any atom is 0.416 e. The molecule has 0 aromatic heterocycles. The van der Waals surface area contributed by atoms with Crippen LogP contribution in [0.3, 0.4) is 0 Å². The van der Waals surface area contributed by atoms with Gasteiger partial charge in [0, 0.05) is 13.1 Å². The number of halogens is 12. The number of nitrogens with two attached hydrogens (primary N) is 2. The molecule has 0 fully saturated rings. The normalized spacial score (nSPS) is 12.9. The van der Waals surface area contributed by atoms with Gasteiger partial charge in [0.1, 0.15) is 0 Å². The lowest BCUT2D eigenvalue weighted by molar-refractivity contribution is -0.144. The molecular weight excluding hydrogens is 472 g/mol. The predicted molar refractivity (Wildman–Crippen MR) is 88.7 cm³/mol. The van der Waals surface area contributed by atoms with Gasteiger partial charge in [-0.3, -0.25) is 0 Å². The van der Waals surface area contributed by atoms with Crippen molar-refractivity contribution in [3.05, 3.63) is 69.8 Å². The van der Waals surface area contributed by atoms with Crippen molar-refractivity contribution in [3.63, 3.8) is 0 Å². The lowest BCUT2D eigenvalue weighted by Gasteiger charge is -2.13. The number of benzene rings is 2. The second-order valence-corrected chi connectivity index (χ2v) is 6.24. The van der Waals surface area contributed by atoms with Crippen LogP contribution in [0.1, 0.15) is 33.4 Å². The van der Waals surface area contributed by atoms with Crippen LogP contribution >= 0.6 is 0 Å². The molecule has 0 unspecified atom stereocenters. The molecule has 0 saturated heterocycles. The molecule has 0 heterocycles. The lowest BCUT2D eigenvalue weighted by atomic mass is 10.0. The first-order chi connectivity index (χ1) is 14.3. The fraction of sp³-hybridized carbons (Fsp3) is 0.333. The Bertz CT molecular complexity index is 768. The first kappa shape index (κ1) is 27.6. The second-order valence-electron chi connectivity index (χ2n) is 6.24. The van der Waals surface area contributed by atoms with Crippen molar-refractivity contribution in [3.8, 4) is 0 Å². The van der Waals surface area contributed by atoms with E-state index in [1.807, 2.05) is 0 Å². The molecule has 0 bridgehead atoms. The molecule has 0 spiro atoms. The minimum absolute atomic E-state index is 0.0686. The van der Waals surface area contributed by atoms with Crippen LogP contribution in [-0.2, 0) is 37.8 Å². The predicted octanol–water partition coefficient (Wildman–Crippen LogP) is 6.37. The van der Waals surface area contributed by atoms with Crippen LogP contribution in [-0.4, -0.2) is 0 Å². The number of hydrogen-bond donors (Lipinski definition) is 2. The van der Waals surface area contributed by atoms with Gasteiger partial charge in [-0.1, -0.05) is 0 Å². The summed E-state index contributed by atoms with van der Waals surface area (Å²) in [6, 6.07) is 2.56. The zero-order valence-electron chi connectivity index (χ0n) is 15.6. The van der Waals surface area contributed by atoms with E-state index in [1.165, 1.54) is 0 Å². The van der Waals surface area contributed by atoms with E-state index in [-0.39, 0.29) is 36.3 Å². The third-order valence-electron chi connectivity index (χ3n) is 3.77. The molecule has 2 nitrogen and oxygen atoms in total. The average molecular weight is 486 g/mol. The van der Waals surface area contributed by atoms with Crippen molar-refractivity contribution in [1.82, 2.24) is 0 Å². The van der Waals surface area contributed by atoms with Crippen molar-refractivity contribution in [2.45, 2.75) is 37.8 Å². The van der Waals surface area contributed by atoms with Crippen LogP contribution in [0.2, 0.25) is 0 Å². The third-order valence-corrected chi connectivity index (χ3v) is 3.77. The smallest absolute Gasteiger partial charge is 0.326 e. The van der Waals surface area contributed by atoms with Crippen molar-refractivity contribution in [2.75, 3.05) is 0 Å². The maximum absolute atomic E-state index is 12.3. The summed E-state index contributed by atoms with van der Waals surface area (Å²) in [6.45, 7) is -0.764. The Morgan fingerprint density at radius 3 is 0.719 bits per heavy atom. The Morgan fingerprint density at radius 1 is 0.406 bits per heavy atom. The van der Waals surface area contributed by atoms with Gasteiger partial charge in [-0.15, -0.1) is 0 Å². The Balaban J connectivity index is 0.000000320. The van der Waals surface area contributed by atoms with Crippen LogP contribution in [0.15, 0.2) is 36.4 Å². The zero-order valence-corrected chi connectivity index (χ0v) is 15.6. The minimum atomic E-state index is -4.81. The molecule has 0 radical (unpaired) electrons. The van der Waals surface area contributed by atoms with Gasteiger partial charge in [-0.25, -0.2) is 0 Å². The fourth-order valence-electron chi connectivity index (χ4n) is 2.27. The van der Waals surface area contributed by atoms with Gasteiger partial charge in [0.2, 0.25) is 0 Å². The summed E-state index contributed by atoms with van der Waals surface area (Å²) in [5.74, 6) is 0. The van der Waals surface area contributed by atoms with Crippen molar-refractivity contribution in [1.29, 1.82) is 0 Å². The highest BCUT2D eigenvalue weighted by atomic mass is 19.4. The third kappa shape index (κ3) is 7.89. The van der Waals surface area contributed by atoms with Gasteiger partial charge in [0.05, 0.1) is 22.3 Å². The molecule has 14 heteroatoms. The molecule has 0 aliphatic rings. The van der Waals surface area contributed by atoms with Crippen LogP contribution in [0.4, 0.5) is 52.7 Å². The van der Waals surface area contributed by atoms with Gasteiger partial charge in [0.25, 0.3) is 0 Å². The Labute approximate surface area is 172 Å². The SMILES string of the molecule is NCc1cc(C(F)(F)F)cc(C(F)(F)F)c1.NCc1cc(C(F)(F)F)cc(C(F)(F)F)c1. The molecule has 32 heavy (non-hydrogen) atoms. The average Bonchev–Trinajstić information content (AvgIpc) is 2.65. The lowest BCUT2D eigenvalue weighted by Crippen LogP contribution is -2.12. The Morgan fingerprint density at radius 2 is 0.594 bits per heavy atom. The summed E-state index contributed by atoms with van der Waals surface area (Å²) in [4.78, 5) is 0. The molecule has 180 valence electrons. The van der Waals surface area contributed by atoms with E-state index in [2.05, 4.69) is 0 Å². The second kappa shape index (κ2) is 9.57. The topological polar surface area (TPSA) is 52.0 Å². The minimum Gasteiger partial charge on any atom is -0.326 e. The van der Waals surface area contributed by atoms with Gasteiger partial charge in [-0.2, -0.15) is 52.7 Å². The number of hydrogen-bond acceptors (Lipinski definition) is 2. The number of rotatable bonds is 2. The monoisotopic (exact) mass is 486 g/mol. The molecular formula is C18H14F12N2. The zero-order chi connectivity index (χ0) is 25.1. The molecule has 0 saturated carbocycles. The molecule has 0 aliphatic heterocycles. The largest absolute Gasteiger partial charge is 0.416 e. The van der Waals surface area contributed by atoms with Gasteiger partial charge in [0.15, 0.2) is 0 Å². The standard InChI is InChI=1S/2C9H7F6N/c2*10-8(11,12)6-1-5(4-16)2-7(3-6)9(13,14)15/h2*1-3H,4,16H2. The maximum atomic E-state index is 12.3. The van der Waals surface area contributed by atoms with Gasteiger partial charge in [-0.05, 0) is 47.5 Å². The molecule has 0 aliphatic carbocycles. The Hall–Kier alpha value is -2.48. The van der Waals surface area contributed by atoms with Crippen molar-refractivity contribution < 1.29 is 52.7 Å². The van der Waals surface area contributed by atoms with E-state index in [1.54, 1.807) is 0 Å². The summed E-state index contributed by atoms with van der Waals surface area (Å²) in [7, 11) is 0. The summed E-state index contributed by atoms with van der Waals surface area (Å²) in [5.41, 5.74) is 4.29. The van der Waals surface area contributed by atoms with Gasteiger partial charge >= 0.3 is 24.7 Å². The Kier molecular flexibility index (Phi) is 8.24. The fourth-order valence-corrected chi connectivity index (χ4v) is 2.27. The van der Waals surface area contributed by atoms with E-state index in [0.717, 1.165) is 0 Å². The molecule has 2 aromatic carbocycles. The molecule has 2 rings (SSSR count).